The highest BCUT2D eigenvalue weighted by Gasteiger charge is 2.27. The van der Waals surface area contributed by atoms with Crippen LogP contribution >= 0.6 is 0 Å². The monoisotopic (exact) mass is 290 g/mol. The largest absolute Gasteiger partial charge is 0.432 e. The first-order chi connectivity index (χ1) is 9.11. The van der Waals surface area contributed by atoms with Crippen molar-refractivity contribution in [3.8, 4) is 5.75 Å². The molecular formula is C13H17F3N2O2. The summed E-state index contributed by atoms with van der Waals surface area (Å²) in [5.41, 5.74) is 5.41. The van der Waals surface area contributed by atoms with Gasteiger partial charge in [0.25, 0.3) is 0 Å². The first-order valence-electron chi connectivity index (χ1n) is 5.92. The number of rotatable bonds is 4. The van der Waals surface area contributed by atoms with Crippen molar-refractivity contribution in [2.45, 2.75) is 33.4 Å². The number of amides is 1. The zero-order chi connectivity index (χ0) is 15.5. The number of ether oxygens (including phenoxy) is 1. The Kier molecular flexibility index (Phi) is 4.99. The maximum Gasteiger partial charge on any atom is 0.387 e. The van der Waals surface area contributed by atoms with E-state index in [4.69, 9.17) is 5.73 Å². The van der Waals surface area contributed by atoms with E-state index in [1.54, 1.807) is 20.8 Å². The van der Waals surface area contributed by atoms with E-state index in [1.165, 1.54) is 6.07 Å². The van der Waals surface area contributed by atoms with Crippen LogP contribution in [0, 0.1) is 11.2 Å². The van der Waals surface area contributed by atoms with Gasteiger partial charge in [-0.15, -0.1) is 0 Å². The van der Waals surface area contributed by atoms with Gasteiger partial charge in [0.1, 0.15) is 0 Å². The van der Waals surface area contributed by atoms with Crippen LogP contribution in [0.25, 0.3) is 0 Å². The maximum absolute atomic E-state index is 13.5. The zero-order valence-electron chi connectivity index (χ0n) is 11.4. The summed E-state index contributed by atoms with van der Waals surface area (Å²) in [6.07, 6.45) is 0. The molecule has 0 spiro atoms. The molecule has 1 atom stereocenters. The van der Waals surface area contributed by atoms with Crippen LogP contribution in [0.3, 0.4) is 0 Å². The van der Waals surface area contributed by atoms with Crippen molar-refractivity contribution in [3.63, 3.8) is 0 Å². The van der Waals surface area contributed by atoms with Crippen LogP contribution in [0.2, 0.25) is 0 Å². The molecule has 0 unspecified atom stereocenters. The third-order valence-electron chi connectivity index (χ3n) is 2.63. The molecule has 0 fully saturated rings. The number of halogens is 3. The standard InChI is InChI=1S/C13H17F3N2O2/c1-13(2,3)10(17)11(19)18-7-4-5-9(8(14)6-7)20-12(15)16/h4-6,10,12H,17H2,1-3H3,(H,18,19)/t10-/m1/s1. The van der Waals surface area contributed by atoms with Gasteiger partial charge < -0.3 is 15.8 Å². The Labute approximate surface area is 115 Å². The highest BCUT2D eigenvalue weighted by Crippen LogP contribution is 2.24. The van der Waals surface area contributed by atoms with Crippen molar-refractivity contribution in [3.05, 3.63) is 24.0 Å². The lowest BCUT2D eigenvalue weighted by Gasteiger charge is -2.25. The Morgan fingerprint density at radius 3 is 2.40 bits per heavy atom. The predicted octanol–water partition coefficient (Wildman–Crippen LogP) is 2.74. The molecule has 0 saturated carbocycles. The van der Waals surface area contributed by atoms with Crippen molar-refractivity contribution in [2.75, 3.05) is 5.32 Å². The third kappa shape index (κ3) is 4.41. The molecule has 1 amide bonds. The number of hydrogen-bond donors (Lipinski definition) is 2. The number of benzene rings is 1. The zero-order valence-corrected chi connectivity index (χ0v) is 11.4. The van der Waals surface area contributed by atoms with Gasteiger partial charge in [-0.3, -0.25) is 4.79 Å². The Balaban J connectivity index is 2.80. The van der Waals surface area contributed by atoms with Gasteiger partial charge >= 0.3 is 6.61 Å². The lowest BCUT2D eigenvalue weighted by Crippen LogP contribution is -2.45. The summed E-state index contributed by atoms with van der Waals surface area (Å²) in [6, 6.07) is 2.38. The summed E-state index contributed by atoms with van der Waals surface area (Å²) in [7, 11) is 0. The fourth-order valence-corrected chi connectivity index (χ4v) is 1.38. The number of nitrogens with one attached hydrogen (secondary N) is 1. The van der Waals surface area contributed by atoms with Crippen LogP contribution in [0.15, 0.2) is 18.2 Å². The molecule has 0 saturated heterocycles. The molecule has 0 aromatic heterocycles. The van der Waals surface area contributed by atoms with Crippen LogP contribution in [0.4, 0.5) is 18.9 Å². The van der Waals surface area contributed by atoms with Gasteiger partial charge in [0.2, 0.25) is 5.91 Å². The molecule has 1 rings (SSSR count). The van der Waals surface area contributed by atoms with Crippen molar-refractivity contribution in [1.29, 1.82) is 0 Å². The summed E-state index contributed by atoms with van der Waals surface area (Å²) in [4.78, 5) is 11.8. The summed E-state index contributed by atoms with van der Waals surface area (Å²) < 4.78 is 41.4. The van der Waals surface area contributed by atoms with Gasteiger partial charge in [0.15, 0.2) is 11.6 Å². The highest BCUT2D eigenvalue weighted by molar-refractivity contribution is 5.95. The number of carbonyl (C=O) groups excluding carboxylic acids is 1. The molecule has 0 heterocycles. The van der Waals surface area contributed by atoms with E-state index in [9.17, 15) is 18.0 Å². The maximum atomic E-state index is 13.5. The average Bonchev–Trinajstić information content (AvgIpc) is 2.30. The summed E-state index contributed by atoms with van der Waals surface area (Å²) in [5.74, 6) is -2.06. The number of alkyl halides is 2. The fraction of sp³-hybridized carbons (Fsp3) is 0.462. The van der Waals surface area contributed by atoms with Crippen LogP contribution in [0.5, 0.6) is 5.75 Å². The molecule has 1 aromatic rings. The van der Waals surface area contributed by atoms with E-state index < -0.39 is 35.5 Å². The van der Waals surface area contributed by atoms with E-state index in [0.717, 1.165) is 12.1 Å². The molecule has 20 heavy (non-hydrogen) atoms. The van der Waals surface area contributed by atoms with E-state index in [2.05, 4.69) is 10.1 Å². The third-order valence-corrected chi connectivity index (χ3v) is 2.63. The molecule has 3 N–H and O–H groups in total. The van der Waals surface area contributed by atoms with Gasteiger partial charge in [0, 0.05) is 11.8 Å². The van der Waals surface area contributed by atoms with E-state index >= 15 is 0 Å². The van der Waals surface area contributed by atoms with Gasteiger partial charge in [-0.05, 0) is 17.5 Å². The highest BCUT2D eigenvalue weighted by atomic mass is 19.3. The number of hydrogen-bond acceptors (Lipinski definition) is 3. The first-order valence-corrected chi connectivity index (χ1v) is 5.92. The minimum Gasteiger partial charge on any atom is -0.432 e. The molecule has 1 aromatic carbocycles. The van der Waals surface area contributed by atoms with Gasteiger partial charge in [-0.2, -0.15) is 8.78 Å². The summed E-state index contributed by atoms with van der Waals surface area (Å²) in [6.45, 7) is 2.26. The van der Waals surface area contributed by atoms with E-state index in [-0.39, 0.29) is 5.69 Å². The Morgan fingerprint density at radius 1 is 1.35 bits per heavy atom. The topological polar surface area (TPSA) is 64.4 Å². The second-order valence-corrected chi connectivity index (χ2v) is 5.36. The van der Waals surface area contributed by atoms with Crippen LogP contribution in [0.1, 0.15) is 20.8 Å². The molecule has 0 radical (unpaired) electrons. The van der Waals surface area contributed by atoms with Crippen molar-refractivity contribution < 1.29 is 22.7 Å². The number of nitrogens with two attached hydrogens (primary N) is 1. The van der Waals surface area contributed by atoms with Crippen LogP contribution in [-0.4, -0.2) is 18.6 Å². The molecule has 112 valence electrons. The van der Waals surface area contributed by atoms with Crippen molar-refractivity contribution >= 4 is 11.6 Å². The Bertz CT molecular complexity index is 487. The predicted molar refractivity (Wildman–Crippen MR) is 69.1 cm³/mol. The second-order valence-electron chi connectivity index (χ2n) is 5.36. The van der Waals surface area contributed by atoms with Gasteiger partial charge in [-0.1, -0.05) is 20.8 Å². The van der Waals surface area contributed by atoms with Crippen molar-refractivity contribution in [2.24, 2.45) is 11.1 Å². The minimum absolute atomic E-state index is 0.119. The average molecular weight is 290 g/mol. The molecule has 0 aliphatic heterocycles. The molecule has 4 nitrogen and oxygen atoms in total. The molecule has 0 aliphatic rings. The summed E-state index contributed by atoms with van der Waals surface area (Å²) in [5, 5.41) is 2.42. The first kappa shape index (κ1) is 16.3. The van der Waals surface area contributed by atoms with Gasteiger partial charge in [-0.25, -0.2) is 4.39 Å². The van der Waals surface area contributed by atoms with Crippen LogP contribution < -0.4 is 15.8 Å². The quantitative estimate of drug-likeness (QED) is 0.896. The molecule has 0 bridgehead atoms. The van der Waals surface area contributed by atoms with Crippen LogP contribution in [-0.2, 0) is 4.79 Å². The van der Waals surface area contributed by atoms with E-state index in [1.807, 2.05) is 0 Å². The fourth-order valence-electron chi connectivity index (χ4n) is 1.38. The minimum atomic E-state index is -3.11. The number of anilines is 1. The lowest BCUT2D eigenvalue weighted by atomic mass is 9.87. The Hall–Kier alpha value is -1.76. The van der Waals surface area contributed by atoms with Gasteiger partial charge in [0.05, 0.1) is 6.04 Å². The number of carbonyl (C=O) groups is 1. The molecule has 7 heteroatoms. The Morgan fingerprint density at radius 2 is 1.95 bits per heavy atom. The van der Waals surface area contributed by atoms with E-state index in [0.29, 0.717) is 0 Å². The second kappa shape index (κ2) is 6.13. The summed E-state index contributed by atoms with van der Waals surface area (Å²) >= 11 is 0. The normalized spacial score (nSPS) is 13.2. The van der Waals surface area contributed by atoms with Crippen molar-refractivity contribution in [1.82, 2.24) is 0 Å². The molecule has 0 aliphatic carbocycles. The SMILES string of the molecule is CC(C)(C)[C@H](N)C(=O)Nc1ccc(OC(F)F)c(F)c1. The molecular weight excluding hydrogens is 273 g/mol. The lowest BCUT2D eigenvalue weighted by molar-refractivity contribution is -0.119. The smallest absolute Gasteiger partial charge is 0.387 e.